The molecule has 0 aliphatic rings. The summed E-state index contributed by atoms with van der Waals surface area (Å²) in [4.78, 5) is 13.4. The number of hydrogen-bond acceptors (Lipinski definition) is 3. The zero-order chi connectivity index (χ0) is 13.7. The Balaban J connectivity index is 2.72. The molecule has 1 rings (SSSR count). The molecule has 98 valence electrons. The van der Waals surface area contributed by atoms with Crippen LogP contribution in [0.2, 0.25) is 0 Å². The molecule has 1 amide bonds. The van der Waals surface area contributed by atoms with Gasteiger partial charge >= 0.3 is 0 Å². The molecule has 0 unspecified atom stereocenters. The first-order chi connectivity index (χ1) is 8.45. The highest BCUT2D eigenvalue weighted by Gasteiger charge is 2.12. The van der Waals surface area contributed by atoms with Gasteiger partial charge in [-0.2, -0.15) is 0 Å². The summed E-state index contributed by atoms with van der Waals surface area (Å²) in [5.74, 6) is 0.176. The van der Waals surface area contributed by atoms with E-state index in [1.807, 2.05) is 26.0 Å². The Bertz CT molecular complexity index is 438. The molecule has 0 spiro atoms. The summed E-state index contributed by atoms with van der Waals surface area (Å²) in [6.45, 7) is 4.30. The van der Waals surface area contributed by atoms with E-state index in [1.54, 1.807) is 24.1 Å². The van der Waals surface area contributed by atoms with Gasteiger partial charge in [-0.15, -0.1) is 0 Å². The summed E-state index contributed by atoms with van der Waals surface area (Å²) in [6.07, 6.45) is 0. The van der Waals surface area contributed by atoms with Gasteiger partial charge in [-0.1, -0.05) is 43.3 Å². The molecular weight excluding hydrogens is 230 g/mol. The quantitative estimate of drug-likeness (QED) is 0.366. The lowest BCUT2D eigenvalue weighted by Crippen LogP contribution is -2.29. The van der Waals surface area contributed by atoms with Gasteiger partial charge in [0, 0.05) is 25.1 Å². The molecule has 5 heteroatoms. The Hall–Kier alpha value is -2.04. The van der Waals surface area contributed by atoms with Crippen LogP contribution in [-0.4, -0.2) is 28.9 Å². The fourth-order valence-electron chi connectivity index (χ4n) is 1.63. The van der Waals surface area contributed by atoms with E-state index in [4.69, 9.17) is 10.9 Å². The molecular formula is C13H19N3O2. The Morgan fingerprint density at radius 1 is 1.39 bits per heavy atom. The molecule has 1 aromatic carbocycles. The molecule has 1 aromatic rings. The molecule has 3 N–H and O–H groups in total. The van der Waals surface area contributed by atoms with Crippen molar-refractivity contribution in [3.8, 4) is 0 Å². The van der Waals surface area contributed by atoms with E-state index in [-0.39, 0.29) is 17.7 Å². The summed E-state index contributed by atoms with van der Waals surface area (Å²) in [5.41, 5.74) is 7.12. The van der Waals surface area contributed by atoms with Crippen LogP contribution in [0.4, 0.5) is 0 Å². The molecule has 0 radical (unpaired) electrons. The Labute approximate surface area is 107 Å². The average molecular weight is 249 g/mol. The highest BCUT2D eigenvalue weighted by molar-refractivity contribution is 5.96. The molecule has 0 bridgehead atoms. The minimum atomic E-state index is -0.00793. The van der Waals surface area contributed by atoms with Crippen LogP contribution < -0.4 is 5.73 Å². The molecule has 0 fully saturated rings. The number of rotatable bonds is 4. The van der Waals surface area contributed by atoms with Gasteiger partial charge in [0.1, 0.15) is 0 Å². The van der Waals surface area contributed by atoms with Gasteiger partial charge in [0.15, 0.2) is 5.84 Å². The van der Waals surface area contributed by atoms with Gasteiger partial charge in [0.05, 0.1) is 0 Å². The maximum absolute atomic E-state index is 11.7. The fourth-order valence-corrected chi connectivity index (χ4v) is 1.63. The van der Waals surface area contributed by atoms with Crippen molar-refractivity contribution in [1.29, 1.82) is 0 Å². The van der Waals surface area contributed by atoms with E-state index in [0.717, 1.165) is 5.56 Å². The molecule has 0 aromatic heterocycles. The van der Waals surface area contributed by atoms with Crippen LogP contribution in [0.1, 0.15) is 25.0 Å². The van der Waals surface area contributed by atoms with Crippen molar-refractivity contribution >= 4 is 11.7 Å². The predicted octanol–water partition coefficient (Wildman–Crippen LogP) is 1.40. The first kappa shape index (κ1) is 14.0. The number of carbonyl (C=O) groups excluding carboxylic acids is 1. The number of amides is 1. The Kier molecular flexibility index (Phi) is 4.71. The van der Waals surface area contributed by atoms with E-state index >= 15 is 0 Å². The summed E-state index contributed by atoms with van der Waals surface area (Å²) in [7, 11) is 1.78. The second-order valence-electron chi connectivity index (χ2n) is 4.53. The lowest BCUT2D eigenvalue weighted by atomic mass is 10.1. The second kappa shape index (κ2) is 6.05. The normalized spacial score (nSPS) is 11.7. The predicted molar refractivity (Wildman–Crippen MR) is 70.3 cm³/mol. The highest BCUT2D eigenvalue weighted by Crippen LogP contribution is 2.09. The average Bonchev–Trinajstić information content (AvgIpc) is 2.37. The summed E-state index contributed by atoms with van der Waals surface area (Å²) in [5, 5.41) is 11.5. The summed E-state index contributed by atoms with van der Waals surface area (Å²) >= 11 is 0. The van der Waals surface area contributed by atoms with Crippen molar-refractivity contribution < 1.29 is 10.0 Å². The molecule has 0 aliphatic heterocycles. The first-order valence-corrected chi connectivity index (χ1v) is 5.77. The van der Waals surface area contributed by atoms with Crippen molar-refractivity contribution in [3.63, 3.8) is 0 Å². The minimum absolute atomic E-state index is 0.00793. The lowest BCUT2D eigenvalue weighted by Gasteiger charge is -2.19. The number of nitrogens with two attached hydrogens (primary N) is 1. The largest absolute Gasteiger partial charge is 0.409 e. The molecule has 0 atom stereocenters. The number of benzene rings is 1. The molecule has 0 aliphatic carbocycles. The van der Waals surface area contributed by atoms with Gasteiger partial charge in [-0.3, -0.25) is 4.79 Å². The number of amidine groups is 1. The maximum Gasteiger partial charge on any atom is 0.225 e. The Morgan fingerprint density at radius 3 is 2.39 bits per heavy atom. The van der Waals surface area contributed by atoms with Gasteiger partial charge < -0.3 is 15.8 Å². The zero-order valence-electron chi connectivity index (χ0n) is 10.9. The molecule has 0 saturated carbocycles. The van der Waals surface area contributed by atoms with Crippen molar-refractivity contribution in [1.82, 2.24) is 4.90 Å². The lowest BCUT2D eigenvalue weighted by molar-refractivity contribution is -0.133. The maximum atomic E-state index is 11.7. The number of oxime groups is 1. The monoisotopic (exact) mass is 249 g/mol. The fraction of sp³-hybridized carbons (Fsp3) is 0.385. The summed E-state index contributed by atoms with van der Waals surface area (Å²) < 4.78 is 0. The zero-order valence-corrected chi connectivity index (χ0v) is 10.9. The van der Waals surface area contributed by atoms with Crippen LogP contribution in [0.3, 0.4) is 0 Å². The van der Waals surface area contributed by atoms with E-state index < -0.39 is 0 Å². The van der Waals surface area contributed by atoms with E-state index in [1.165, 1.54) is 0 Å². The number of nitrogens with zero attached hydrogens (tertiary/aromatic N) is 2. The van der Waals surface area contributed by atoms with Crippen LogP contribution in [0, 0.1) is 5.92 Å². The van der Waals surface area contributed by atoms with Crippen LogP contribution >= 0.6 is 0 Å². The molecule has 5 nitrogen and oxygen atoms in total. The highest BCUT2D eigenvalue weighted by atomic mass is 16.4. The molecule has 18 heavy (non-hydrogen) atoms. The second-order valence-corrected chi connectivity index (χ2v) is 4.53. The smallest absolute Gasteiger partial charge is 0.225 e. The van der Waals surface area contributed by atoms with Crippen molar-refractivity contribution in [2.45, 2.75) is 20.4 Å². The van der Waals surface area contributed by atoms with Gasteiger partial charge in [0.2, 0.25) is 5.91 Å². The van der Waals surface area contributed by atoms with Crippen LogP contribution in [0.5, 0.6) is 0 Å². The van der Waals surface area contributed by atoms with Crippen molar-refractivity contribution in [2.24, 2.45) is 16.8 Å². The third-order valence-electron chi connectivity index (χ3n) is 2.65. The van der Waals surface area contributed by atoms with E-state index in [0.29, 0.717) is 12.1 Å². The molecule has 0 saturated heterocycles. The van der Waals surface area contributed by atoms with Gasteiger partial charge in [-0.25, -0.2) is 0 Å². The SMILES string of the molecule is CC(C)C(=O)N(C)Cc1ccc(/C(N)=N/O)cc1. The van der Waals surface area contributed by atoms with Gasteiger partial charge in [-0.05, 0) is 5.56 Å². The standard InChI is InChI=1S/C13H19N3O2/c1-9(2)13(17)16(3)8-10-4-6-11(7-5-10)12(14)15-18/h4-7,9,18H,8H2,1-3H3,(H2,14,15). The van der Waals surface area contributed by atoms with Crippen LogP contribution in [0.15, 0.2) is 29.4 Å². The van der Waals surface area contributed by atoms with Gasteiger partial charge in [0.25, 0.3) is 0 Å². The first-order valence-electron chi connectivity index (χ1n) is 5.77. The number of carbonyl (C=O) groups is 1. The van der Waals surface area contributed by atoms with E-state index in [9.17, 15) is 4.79 Å². The van der Waals surface area contributed by atoms with Crippen molar-refractivity contribution in [3.05, 3.63) is 35.4 Å². The minimum Gasteiger partial charge on any atom is -0.409 e. The van der Waals surface area contributed by atoms with E-state index in [2.05, 4.69) is 5.16 Å². The number of hydrogen-bond donors (Lipinski definition) is 2. The van der Waals surface area contributed by atoms with Crippen LogP contribution in [-0.2, 0) is 11.3 Å². The Morgan fingerprint density at radius 2 is 1.94 bits per heavy atom. The topological polar surface area (TPSA) is 78.9 Å². The third kappa shape index (κ3) is 3.48. The van der Waals surface area contributed by atoms with Crippen LogP contribution in [0.25, 0.3) is 0 Å². The summed E-state index contributed by atoms with van der Waals surface area (Å²) in [6, 6.07) is 7.24. The third-order valence-corrected chi connectivity index (χ3v) is 2.65. The molecule has 0 heterocycles. The van der Waals surface area contributed by atoms with Crippen molar-refractivity contribution in [2.75, 3.05) is 7.05 Å².